The summed E-state index contributed by atoms with van der Waals surface area (Å²) in [6, 6.07) is 14.0. The number of rotatable bonds is 8. The van der Waals surface area contributed by atoms with Gasteiger partial charge in [-0.05, 0) is 23.3 Å². The zero-order valence-electron chi connectivity index (χ0n) is 14.0. The summed E-state index contributed by atoms with van der Waals surface area (Å²) in [6.45, 7) is -0.301. The van der Waals surface area contributed by atoms with Gasteiger partial charge in [0.15, 0.2) is 0 Å². The Labute approximate surface area is 150 Å². The first-order chi connectivity index (χ1) is 12.4. The maximum absolute atomic E-state index is 11.9. The highest BCUT2D eigenvalue weighted by Crippen LogP contribution is 2.11. The standard InChI is InChI=1S/C19H20N2O5/c22-15-8-6-14(7-9-15)10-16(19(25)26)21-18(24)12-20-17(23)11-13-4-2-1-3-5-13/h1-9,16,22H,10-12H2,(H,20,23)(H,21,24)(H,25,26). The molecule has 1 atom stereocenters. The number of phenols is 1. The molecule has 0 saturated heterocycles. The lowest BCUT2D eigenvalue weighted by Gasteiger charge is -2.15. The highest BCUT2D eigenvalue weighted by molar-refractivity contribution is 5.88. The predicted molar refractivity (Wildman–Crippen MR) is 94.5 cm³/mol. The fourth-order valence-electron chi connectivity index (χ4n) is 2.34. The summed E-state index contributed by atoms with van der Waals surface area (Å²) in [7, 11) is 0. The van der Waals surface area contributed by atoms with E-state index in [-0.39, 0.29) is 31.0 Å². The van der Waals surface area contributed by atoms with Gasteiger partial charge in [-0.3, -0.25) is 9.59 Å². The number of carbonyl (C=O) groups excluding carboxylic acids is 2. The molecule has 0 aliphatic heterocycles. The summed E-state index contributed by atoms with van der Waals surface area (Å²) < 4.78 is 0. The van der Waals surface area contributed by atoms with E-state index in [1.807, 2.05) is 18.2 Å². The second-order valence-electron chi connectivity index (χ2n) is 5.77. The van der Waals surface area contributed by atoms with Gasteiger partial charge in [0.25, 0.3) is 0 Å². The molecule has 7 heteroatoms. The van der Waals surface area contributed by atoms with Crippen molar-refractivity contribution in [1.29, 1.82) is 0 Å². The van der Waals surface area contributed by atoms with Gasteiger partial charge in [0, 0.05) is 6.42 Å². The molecule has 136 valence electrons. The first-order valence-corrected chi connectivity index (χ1v) is 8.05. The largest absolute Gasteiger partial charge is 0.508 e. The van der Waals surface area contributed by atoms with Crippen LogP contribution in [0.5, 0.6) is 5.75 Å². The van der Waals surface area contributed by atoms with Crippen LogP contribution in [0.15, 0.2) is 54.6 Å². The lowest BCUT2D eigenvalue weighted by Crippen LogP contribution is -2.46. The lowest BCUT2D eigenvalue weighted by molar-refractivity contribution is -0.141. The van der Waals surface area contributed by atoms with Crippen LogP contribution in [0.3, 0.4) is 0 Å². The van der Waals surface area contributed by atoms with E-state index in [9.17, 15) is 24.6 Å². The van der Waals surface area contributed by atoms with Gasteiger partial charge >= 0.3 is 5.97 Å². The summed E-state index contributed by atoms with van der Waals surface area (Å²) in [5.74, 6) is -2.01. The first kappa shape index (κ1) is 19.0. The molecule has 2 amide bonds. The van der Waals surface area contributed by atoms with Crippen LogP contribution in [0.2, 0.25) is 0 Å². The van der Waals surface area contributed by atoms with Gasteiger partial charge in [-0.1, -0.05) is 42.5 Å². The molecular formula is C19H20N2O5. The molecule has 0 radical (unpaired) electrons. The van der Waals surface area contributed by atoms with E-state index in [1.165, 1.54) is 12.1 Å². The van der Waals surface area contributed by atoms with Crippen LogP contribution in [0.1, 0.15) is 11.1 Å². The first-order valence-electron chi connectivity index (χ1n) is 8.05. The predicted octanol–water partition coefficient (Wildman–Crippen LogP) is 0.863. The molecule has 0 heterocycles. The fraction of sp³-hybridized carbons (Fsp3) is 0.211. The number of carboxylic acids is 1. The average molecular weight is 356 g/mol. The van der Waals surface area contributed by atoms with Gasteiger partial charge in [-0.15, -0.1) is 0 Å². The molecule has 7 nitrogen and oxygen atoms in total. The Morgan fingerprint density at radius 3 is 2.15 bits per heavy atom. The molecule has 0 aliphatic carbocycles. The SMILES string of the molecule is O=C(Cc1ccccc1)NCC(=O)NC(Cc1ccc(O)cc1)C(=O)O. The average Bonchev–Trinajstić information content (AvgIpc) is 2.62. The minimum absolute atomic E-state index is 0.0688. The highest BCUT2D eigenvalue weighted by Gasteiger charge is 2.20. The van der Waals surface area contributed by atoms with E-state index in [4.69, 9.17) is 0 Å². The number of nitrogens with one attached hydrogen (secondary N) is 2. The van der Waals surface area contributed by atoms with Crippen LogP contribution in [0.4, 0.5) is 0 Å². The number of phenolic OH excluding ortho intramolecular Hbond substituents is 1. The van der Waals surface area contributed by atoms with Crippen molar-refractivity contribution in [3.05, 3.63) is 65.7 Å². The van der Waals surface area contributed by atoms with Gasteiger partial charge < -0.3 is 20.8 Å². The number of benzene rings is 2. The van der Waals surface area contributed by atoms with Crippen molar-refractivity contribution < 1.29 is 24.6 Å². The minimum atomic E-state index is -1.18. The number of carbonyl (C=O) groups is 3. The summed E-state index contributed by atoms with van der Waals surface area (Å²) >= 11 is 0. The zero-order chi connectivity index (χ0) is 18.9. The second kappa shape index (κ2) is 9.22. The molecule has 2 aromatic carbocycles. The van der Waals surface area contributed by atoms with Gasteiger partial charge in [-0.2, -0.15) is 0 Å². The normalized spacial score (nSPS) is 11.4. The van der Waals surface area contributed by atoms with Crippen molar-refractivity contribution in [2.24, 2.45) is 0 Å². The Morgan fingerprint density at radius 2 is 1.54 bits per heavy atom. The van der Waals surface area contributed by atoms with Crippen molar-refractivity contribution >= 4 is 17.8 Å². The fourth-order valence-corrected chi connectivity index (χ4v) is 2.34. The van der Waals surface area contributed by atoms with Crippen LogP contribution in [0, 0.1) is 0 Å². The van der Waals surface area contributed by atoms with E-state index in [0.717, 1.165) is 5.56 Å². The Morgan fingerprint density at radius 1 is 0.885 bits per heavy atom. The van der Waals surface area contributed by atoms with E-state index in [0.29, 0.717) is 5.56 Å². The Bertz CT molecular complexity index is 759. The Hall–Kier alpha value is -3.35. The molecule has 0 aliphatic rings. The summed E-state index contributed by atoms with van der Waals surface area (Å²) in [6.07, 6.45) is 0.212. The summed E-state index contributed by atoms with van der Waals surface area (Å²) in [4.78, 5) is 35.1. The molecule has 1 unspecified atom stereocenters. The molecule has 0 spiro atoms. The molecule has 0 fully saturated rings. The molecule has 0 saturated carbocycles. The van der Waals surface area contributed by atoms with Gasteiger partial charge in [0.05, 0.1) is 13.0 Å². The van der Waals surface area contributed by atoms with Crippen molar-refractivity contribution in [2.45, 2.75) is 18.9 Å². The molecule has 2 aromatic rings. The molecule has 26 heavy (non-hydrogen) atoms. The van der Waals surface area contributed by atoms with Gasteiger partial charge in [0.1, 0.15) is 11.8 Å². The third-order valence-corrected chi connectivity index (χ3v) is 3.66. The number of amides is 2. The van der Waals surface area contributed by atoms with Gasteiger partial charge in [0.2, 0.25) is 11.8 Å². The van der Waals surface area contributed by atoms with Crippen LogP contribution in [0.25, 0.3) is 0 Å². The monoisotopic (exact) mass is 356 g/mol. The minimum Gasteiger partial charge on any atom is -0.508 e. The molecule has 2 rings (SSSR count). The number of aliphatic carboxylic acids is 1. The summed E-state index contributed by atoms with van der Waals surface area (Å²) in [5.41, 5.74) is 1.48. The smallest absolute Gasteiger partial charge is 0.326 e. The second-order valence-corrected chi connectivity index (χ2v) is 5.77. The Kier molecular flexibility index (Phi) is 6.73. The number of carboxylic acid groups (broad SMARTS) is 1. The maximum atomic E-state index is 11.9. The number of hydrogen-bond acceptors (Lipinski definition) is 4. The zero-order valence-corrected chi connectivity index (χ0v) is 14.0. The number of aromatic hydroxyl groups is 1. The van der Waals surface area contributed by atoms with Crippen molar-refractivity contribution in [1.82, 2.24) is 10.6 Å². The molecule has 0 aromatic heterocycles. The van der Waals surface area contributed by atoms with E-state index >= 15 is 0 Å². The molecule has 0 bridgehead atoms. The highest BCUT2D eigenvalue weighted by atomic mass is 16.4. The van der Waals surface area contributed by atoms with Crippen molar-refractivity contribution in [2.75, 3.05) is 6.54 Å². The quantitative estimate of drug-likeness (QED) is 0.560. The number of hydrogen-bond donors (Lipinski definition) is 4. The lowest BCUT2D eigenvalue weighted by atomic mass is 10.1. The van der Waals surface area contributed by atoms with Crippen LogP contribution >= 0.6 is 0 Å². The molecular weight excluding hydrogens is 336 g/mol. The topological polar surface area (TPSA) is 116 Å². The summed E-state index contributed by atoms with van der Waals surface area (Å²) in [5, 5.41) is 23.4. The van der Waals surface area contributed by atoms with Crippen LogP contribution in [-0.2, 0) is 27.2 Å². The maximum Gasteiger partial charge on any atom is 0.326 e. The third-order valence-electron chi connectivity index (χ3n) is 3.66. The Balaban J connectivity index is 1.82. The van der Waals surface area contributed by atoms with Crippen molar-refractivity contribution in [3.63, 3.8) is 0 Å². The van der Waals surface area contributed by atoms with E-state index < -0.39 is 17.9 Å². The molecule has 4 N–H and O–H groups in total. The van der Waals surface area contributed by atoms with E-state index in [1.54, 1.807) is 24.3 Å². The third kappa shape index (κ3) is 6.27. The van der Waals surface area contributed by atoms with Crippen LogP contribution < -0.4 is 10.6 Å². The van der Waals surface area contributed by atoms with Crippen LogP contribution in [-0.4, -0.2) is 40.6 Å². The van der Waals surface area contributed by atoms with Gasteiger partial charge in [-0.25, -0.2) is 4.79 Å². The van der Waals surface area contributed by atoms with Crippen molar-refractivity contribution in [3.8, 4) is 5.75 Å². The van der Waals surface area contributed by atoms with E-state index in [2.05, 4.69) is 10.6 Å².